The van der Waals surface area contributed by atoms with E-state index in [0.29, 0.717) is 0 Å². The van der Waals surface area contributed by atoms with E-state index in [9.17, 15) is 4.57 Å². The van der Waals surface area contributed by atoms with E-state index < -0.39 is 0 Å². The van der Waals surface area contributed by atoms with E-state index in [-0.39, 0.29) is 13.9 Å². The zero-order chi connectivity index (χ0) is 16.9. The average molecular weight is 330 g/mol. The maximum Gasteiger partial charge on any atom is 0.192 e. The Kier molecular flexibility index (Phi) is 3.44. The van der Waals surface area contributed by atoms with Crippen molar-refractivity contribution in [1.29, 1.82) is 0 Å². The molecule has 1 aliphatic carbocycles. The summed E-state index contributed by atoms with van der Waals surface area (Å²) in [6.07, 6.45) is 0. The Morgan fingerprint density at radius 1 is 0.750 bits per heavy atom. The van der Waals surface area contributed by atoms with Crippen LogP contribution in [-0.4, -0.2) is 0 Å². The molecule has 3 aromatic carbocycles. The number of hydrogen-bond acceptors (Lipinski definition) is 1. The minimum atomic E-state index is -0.0773. The van der Waals surface area contributed by atoms with Crippen LogP contribution in [0.3, 0.4) is 0 Å². The van der Waals surface area contributed by atoms with Gasteiger partial charge in [-0.05, 0) is 58.5 Å². The van der Waals surface area contributed by atoms with Crippen LogP contribution in [0.1, 0.15) is 30.5 Å². The summed E-state index contributed by atoms with van der Waals surface area (Å²) in [5.74, 6) is 0. The lowest BCUT2D eigenvalue weighted by atomic mass is 9.81. The summed E-state index contributed by atoms with van der Waals surface area (Å²) in [5, 5.41) is 0.841. The second-order valence-electron chi connectivity index (χ2n) is 7.07. The highest BCUT2D eigenvalue weighted by Gasteiger charge is 2.35. The second-order valence-corrected chi connectivity index (χ2v) is 7.77. The Morgan fingerprint density at radius 2 is 1.33 bits per heavy atom. The molecule has 0 spiro atoms. The van der Waals surface area contributed by atoms with Gasteiger partial charge in [0.1, 0.15) is 0 Å². The summed E-state index contributed by atoms with van der Waals surface area (Å²) in [7, 11) is 0.0829. The molecular formula is C22H19OP. The molecule has 3 aromatic rings. The summed E-state index contributed by atoms with van der Waals surface area (Å²) in [6, 6.07) is 21.6. The summed E-state index contributed by atoms with van der Waals surface area (Å²) >= 11 is 0. The molecule has 118 valence electrons. The Morgan fingerprint density at radius 3 is 2.00 bits per heavy atom. The third-order valence-corrected chi connectivity index (χ3v) is 5.64. The minimum Gasteiger partial charge on any atom is -0.269 e. The molecule has 4 rings (SSSR count). The lowest BCUT2D eigenvalue weighted by Crippen LogP contribution is -2.16. The van der Waals surface area contributed by atoms with E-state index >= 15 is 0 Å². The number of benzene rings is 3. The quantitative estimate of drug-likeness (QED) is 0.536. The van der Waals surface area contributed by atoms with Crippen LogP contribution >= 0.6 is 8.46 Å². The van der Waals surface area contributed by atoms with Crippen LogP contribution in [0.5, 0.6) is 0 Å². The third-order valence-electron chi connectivity index (χ3n) is 5.15. The van der Waals surface area contributed by atoms with E-state index in [1.165, 1.54) is 38.9 Å². The molecule has 0 amide bonds. The molecule has 1 nitrogen and oxygen atoms in total. The number of rotatable bonds is 2. The fraction of sp³-hybridized carbons (Fsp3) is 0.182. The summed E-state index contributed by atoms with van der Waals surface area (Å²) in [6.45, 7) is 6.61. The molecule has 0 bridgehead atoms. The van der Waals surface area contributed by atoms with Crippen molar-refractivity contribution in [3.63, 3.8) is 0 Å². The minimum absolute atomic E-state index is 0.0773. The molecule has 0 fully saturated rings. The van der Waals surface area contributed by atoms with Gasteiger partial charge in [-0.25, -0.2) is 0 Å². The highest BCUT2D eigenvalue weighted by Crippen LogP contribution is 2.49. The van der Waals surface area contributed by atoms with E-state index in [2.05, 4.69) is 75.4 Å². The molecule has 0 saturated carbocycles. The molecule has 2 heteroatoms. The van der Waals surface area contributed by atoms with Gasteiger partial charge in [-0.3, -0.25) is 4.57 Å². The highest BCUT2D eigenvalue weighted by molar-refractivity contribution is 7.34. The molecule has 0 N–H and O–H groups in total. The van der Waals surface area contributed by atoms with Gasteiger partial charge in [-0.1, -0.05) is 61.9 Å². The molecular weight excluding hydrogens is 311 g/mol. The van der Waals surface area contributed by atoms with Crippen molar-refractivity contribution in [3.8, 4) is 22.3 Å². The molecule has 1 aliphatic rings. The maximum absolute atomic E-state index is 11.3. The molecule has 24 heavy (non-hydrogen) atoms. The number of aryl methyl sites for hydroxylation is 1. The molecule has 0 unspecified atom stereocenters. The number of fused-ring (bicyclic) bond motifs is 3. The van der Waals surface area contributed by atoms with Crippen LogP contribution in [0.25, 0.3) is 22.3 Å². The van der Waals surface area contributed by atoms with Crippen molar-refractivity contribution in [2.24, 2.45) is 0 Å². The van der Waals surface area contributed by atoms with E-state index in [0.717, 1.165) is 5.30 Å². The fourth-order valence-electron chi connectivity index (χ4n) is 3.71. The van der Waals surface area contributed by atoms with E-state index in [1.807, 2.05) is 6.07 Å². The SMILES string of the molecule is Cc1ccc(-c2ccc3c(c2)C(C)(C)c2cc(P=O)ccc2-3)cc1. The van der Waals surface area contributed by atoms with E-state index in [1.54, 1.807) is 0 Å². The fourth-order valence-corrected chi connectivity index (χ4v) is 4.03. The monoisotopic (exact) mass is 330 g/mol. The van der Waals surface area contributed by atoms with Crippen LogP contribution in [0.2, 0.25) is 0 Å². The van der Waals surface area contributed by atoms with Gasteiger partial charge in [0, 0.05) is 10.7 Å². The van der Waals surface area contributed by atoms with Crippen LogP contribution < -0.4 is 5.30 Å². The van der Waals surface area contributed by atoms with Crippen LogP contribution in [0, 0.1) is 6.92 Å². The third kappa shape index (κ3) is 2.24. The first kappa shape index (κ1) is 15.3. The number of hydrogen-bond donors (Lipinski definition) is 0. The van der Waals surface area contributed by atoms with E-state index in [4.69, 9.17) is 0 Å². The van der Waals surface area contributed by atoms with Gasteiger partial charge in [0.2, 0.25) is 0 Å². The normalized spacial score (nSPS) is 14.5. The Balaban J connectivity index is 1.89. The Labute approximate surface area is 144 Å². The zero-order valence-electron chi connectivity index (χ0n) is 14.1. The van der Waals surface area contributed by atoms with Gasteiger partial charge in [-0.2, -0.15) is 0 Å². The van der Waals surface area contributed by atoms with Crippen molar-refractivity contribution < 1.29 is 4.57 Å². The van der Waals surface area contributed by atoms with Crippen LogP contribution in [-0.2, 0) is 9.98 Å². The largest absolute Gasteiger partial charge is 0.269 e. The topological polar surface area (TPSA) is 17.1 Å². The predicted molar refractivity (Wildman–Crippen MR) is 101 cm³/mol. The molecule has 0 heterocycles. The lowest BCUT2D eigenvalue weighted by molar-refractivity contribution is 0.603. The maximum atomic E-state index is 11.3. The van der Waals surface area contributed by atoms with Gasteiger partial charge < -0.3 is 0 Å². The summed E-state index contributed by atoms with van der Waals surface area (Å²) in [4.78, 5) is 0. The molecule has 0 aliphatic heterocycles. The second kappa shape index (κ2) is 5.40. The average Bonchev–Trinajstić information content (AvgIpc) is 2.82. The standard InChI is InChI=1S/C22H19OP/c1-14-4-6-15(7-5-14)16-8-10-18-19-11-9-17(24-23)13-21(19)22(2,3)20(18)12-16/h4-13H,1-3H3. The molecule has 0 atom stereocenters. The van der Waals surface area contributed by atoms with Crippen LogP contribution in [0.4, 0.5) is 0 Å². The molecule has 0 aromatic heterocycles. The molecule has 0 saturated heterocycles. The van der Waals surface area contributed by atoms with Crippen molar-refractivity contribution >= 4 is 13.8 Å². The van der Waals surface area contributed by atoms with Crippen molar-refractivity contribution in [2.75, 3.05) is 0 Å². The first-order chi connectivity index (χ1) is 11.5. The van der Waals surface area contributed by atoms with Gasteiger partial charge in [-0.15, -0.1) is 0 Å². The first-order valence-electron chi connectivity index (χ1n) is 8.20. The summed E-state index contributed by atoms with van der Waals surface area (Å²) < 4.78 is 11.3. The van der Waals surface area contributed by atoms with Gasteiger partial charge in [0.15, 0.2) is 8.46 Å². The van der Waals surface area contributed by atoms with Gasteiger partial charge in [0.25, 0.3) is 0 Å². The van der Waals surface area contributed by atoms with Crippen LogP contribution in [0.15, 0.2) is 60.7 Å². The Bertz CT molecular complexity index is 952. The van der Waals surface area contributed by atoms with Gasteiger partial charge in [0.05, 0.1) is 0 Å². The van der Waals surface area contributed by atoms with Crippen molar-refractivity contribution in [2.45, 2.75) is 26.2 Å². The Hall–Kier alpha value is -2.24. The van der Waals surface area contributed by atoms with Gasteiger partial charge >= 0.3 is 0 Å². The smallest absolute Gasteiger partial charge is 0.192 e. The van der Waals surface area contributed by atoms with Crippen molar-refractivity contribution in [1.82, 2.24) is 0 Å². The molecule has 0 radical (unpaired) electrons. The first-order valence-corrected chi connectivity index (χ1v) is 9.02. The highest BCUT2D eigenvalue weighted by atomic mass is 31.1. The predicted octanol–water partition coefficient (Wildman–Crippen LogP) is 5.89. The zero-order valence-corrected chi connectivity index (χ0v) is 15.0. The summed E-state index contributed by atoms with van der Waals surface area (Å²) in [5.41, 5.74) is 8.85. The lowest BCUT2D eigenvalue weighted by Gasteiger charge is -2.22. The van der Waals surface area contributed by atoms with Crippen molar-refractivity contribution in [3.05, 3.63) is 77.4 Å².